The molecule has 1 unspecified atom stereocenters. The van der Waals surface area contributed by atoms with Crippen LogP contribution in [0.5, 0.6) is 11.5 Å². The number of methoxy groups -OCH3 is 2. The summed E-state index contributed by atoms with van der Waals surface area (Å²) >= 11 is 0. The zero-order valence-corrected chi connectivity index (χ0v) is 16.4. The van der Waals surface area contributed by atoms with Gasteiger partial charge in [-0.25, -0.2) is 4.39 Å². The van der Waals surface area contributed by atoms with Crippen LogP contribution in [0, 0.1) is 17.7 Å². The van der Waals surface area contributed by atoms with E-state index in [2.05, 4.69) is 4.90 Å². The quantitative estimate of drug-likeness (QED) is 0.762. The Morgan fingerprint density at radius 1 is 1.07 bits per heavy atom. The Morgan fingerprint density at radius 2 is 1.79 bits per heavy atom. The van der Waals surface area contributed by atoms with Gasteiger partial charge in [0, 0.05) is 30.3 Å². The first-order valence-electron chi connectivity index (χ1n) is 9.88. The number of piperidine rings is 1. The van der Waals surface area contributed by atoms with Crippen LogP contribution in [0.25, 0.3) is 0 Å². The van der Waals surface area contributed by atoms with Gasteiger partial charge in [-0.15, -0.1) is 0 Å². The number of anilines is 1. The van der Waals surface area contributed by atoms with Gasteiger partial charge in [0.05, 0.1) is 14.2 Å². The van der Waals surface area contributed by atoms with Crippen molar-refractivity contribution in [3.8, 4) is 11.5 Å². The number of halogens is 1. The van der Waals surface area contributed by atoms with Gasteiger partial charge in [0.15, 0.2) is 17.3 Å². The highest BCUT2D eigenvalue weighted by molar-refractivity contribution is 6.02. The molecule has 1 atom stereocenters. The van der Waals surface area contributed by atoms with Gasteiger partial charge in [0.1, 0.15) is 5.82 Å². The molecular formula is C23H26FNO3. The third-order valence-corrected chi connectivity index (χ3v) is 6.12. The maximum atomic E-state index is 13.5. The second-order valence-corrected chi connectivity index (χ2v) is 7.78. The third kappa shape index (κ3) is 3.58. The van der Waals surface area contributed by atoms with E-state index in [0.29, 0.717) is 17.4 Å². The minimum Gasteiger partial charge on any atom is -0.493 e. The summed E-state index contributed by atoms with van der Waals surface area (Å²) in [6.45, 7) is 1.81. The first-order chi connectivity index (χ1) is 13.6. The summed E-state index contributed by atoms with van der Waals surface area (Å²) < 4.78 is 24.2. The fraction of sp³-hybridized carbons (Fsp3) is 0.435. The molecular weight excluding hydrogens is 357 g/mol. The minimum atomic E-state index is -0.195. The Bertz CT molecular complexity index is 874. The maximum Gasteiger partial charge on any atom is 0.166 e. The fourth-order valence-electron chi connectivity index (χ4n) is 4.59. The molecule has 0 N–H and O–H groups in total. The van der Waals surface area contributed by atoms with Crippen LogP contribution in [0.4, 0.5) is 10.1 Å². The Labute approximate surface area is 165 Å². The third-order valence-electron chi connectivity index (χ3n) is 6.12. The summed E-state index contributed by atoms with van der Waals surface area (Å²) in [6.07, 6.45) is 3.75. The Kier molecular flexibility index (Phi) is 5.25. The van der Waals surface area contributed by atoms with Crippen LogP contribution >= 0.6 is 0 Å². The van der Waals surface area contributed by atoms with Crippen molar-refractivity contribution in [2.45, 2.75) is 25.7 Å². The molecule has 0 aromatic heterocycles. The van der Waals surface area contributed by atoms with Crippen LogP contribution in [0.2, 0.25) is 0 Å². The lowest BCUT2D eigenvalue weighted by Gasteiger charge is -2.34. The molecule has 1 heterocycles. The Morgan fingerprint density at radius 3 is 2.46 bits per heavy atom. The number of nitrogens with zero attached hydrogens (tertiary/aromatic N) is 1. The fourth-order valence-corrected chi connectivity index (χ4v) is 4.59. The van der Waals surface area contributed by atoms with Crippen molar-refractivity contribution in [3.05, 3.63) is 53.3 Å². The molecule has 0 radical (unpaired) electrons. The second kappa shape index (κ2) is 7.82. The average molecular weight is 383 g/mol. The highest BCUT2D eigenvalue weighted by atomic mass is 19.1. The van der Waals surface area contributed by atoms with Crippen LogP contribution in [0.3, 0.4) is 0 Å². The van der Waals surface area contributed by atoms with E-state index >= 15 is 0 Å². The van der Waals surface area contributed by atoms with Gasteiger partial charge in [-0.05, 0) is 67.5 Å². The SMILES string of the molecule is COc1cc2c(cc1OC)C(=O)C(CC1CCN(c3cccc(F)c3)CC1)C2. The summed E-state index contributed by atoms with van der Waals surface area (Å²) in [4.78, 5) is 15.1. The Hall–Kier alpha value is -2.56. The first-order valence-corrected chi connectivity index (χ1v) is 9.88. The van der Waals surface area contributed by atoms with Crippen molar-refractivity contribution in [1.29, 1.82) is 0 Å². The van der Waals surface area contributed by atoms with Crippen LogP contribution in [0.1, 0.15) is 35.2 Å². The summed E-state index contributed by atoms with van der Waals surface area (Å²) in [5.41, 5.74) is 2.78. The van der Waals surface area contributed by atoms with Crippen molar-refractivity contribution >= 4 is 11.5 Å². The lowest BCUT2D eigenvalue weighted by atomic mass is 9.85. The predicted molar refractivity (Wildman–Crippen MR) is 107 cm³/mol. The van der Waals surface area contributed by atoms with Crippen molar-refractivity contribution in [2.75, 3.05) is 32.2 Å². The number of fused-ring (bicyclic) bond motifs is 1. The minimum absolute atomic E-state index is 0.0394. The maximum absolute atomic E-state index is 13.5. The van der Waals surface area contributed by atoms with Crippen molar-refractivity contribution in [2.24, 2.45) is 11.8 Å². The molecule has 148 valence electrons. The van der Waals surface area contributed by atoms with Gasteiger partial charge in [-0.1, -0.05) is 6.07 Å². The molecule has 0 spiro atoms. The lowest BCUT2D eigenvalue weighted by Crippen LogP contribution is -2.34. The molecule has 0 amide bonds. The van der Waals surface area contributed by atoms with E-state index in [1.807, 2.05) is 18.2 Å². The van der Waals surface area contributed by atoms with Gasteiger partial charge >= 0.3 is 0 Å². The standard InChI is InChI=1S/C23H26FNO3/c1-27-21-12-16-11-17(23(26)20(16)14-22(21)28-2)10-15-6-8-25(9-7-15)19-5-3-4-18(24)13-19/h3-5,12-15,17H,6-11H2,1-2H3. The number of hydrogen-bond donors (Lipinski definition) is 0. The van der Waals surface area contributed by atoms with Gasteiger partial charge in [-0.2, -0.15) is 0 Å². The van der Waals surface area contributed by atoms with Gasteiger partial charge in [0.25, 0.3) is 0 Å². The number of ether oxygens (including phenoxy) is 2. The number of carbonyl (C=O) groups excluding carboxylic acids is 1. The summed E-state index contributed by atoms with van der Waals surface area (Å²) in [5.74, 6) is 1.88. The second-order valence-electron chi connectivity index (χ2n) is 7.78. The molecule has 1 saturated heterocycles. The summed E-state index contributed by atoms with van der Waals surface area (Å²) in [5, 5.41) is 0. The number of ketones is 1. The van der Waals surface area contributed by atoms with Crippen LogP contribution in [-0.4, -0.2) is 33.1 Å². The number of carbonyl (C=O) groups is 1. The molecule has 4 rings (SSSR count). The zero-order valence-electron chi connectivity index (χ0n) is 16.4. The molecule has 0 saturated carbocycles. The van der Waals surface area contributed by atoms with Gasteiger partial charge in [-0.3, -0.25) is 4.79 Å². The zero-order chi connectivity index (χ0) is 19.7. The highest BCUT2D eigenvalue weighted by Crippen LogP contribution is 2.39. The molecule has 2 aromatic rings. The molecule has 28 heavy (non-hydrogen) atoms. The van der Waals surface area contributed by atoms with E-state index in [-0.39, 0.29) is 17.5 Å². The van der Waals surface area contributed by atoms with E-state index in [9.17, 15) is 9.18 Å². The Balaban J connectivity index is 1.39. The first kappa shape index (κ1) is 18.8. The lowest BCUT2D eigenvalue weighted by molar-refractivity contribution is 0.0914. The van der Waals surface area contributed by atoms with E-state index in [1.54, 1.807) is 26.4 Å². The van der Waals surface area contributed by atoms with Crippen molar-refractivity contribution in [1.82, 2.24) is 0 Å². The van der Waals surface area contributed by atoms with Crippen LogP contribution in [-0.2, 0) is 6.42 Å². The van der Waals surface area contributed by atoms with E-state index in [1.165, 1.54) is 6.07 Å². The smallest absolute Gasteiger partial charge is 0.166 e. The summed E-state index contributed by atoms with van der Waals surface area (Å²) in [7, 11) is 3.21. The molecule has 2 aliphatic rings. The summed E-state index contributed by atoms with van der Waals surface area (Å²) in [6, 6.07) is 10.6. The largest absolute Gasteiger partial charge is 0.493 e. The highest BCUT2D eigenvalue weighted by Gasteiger charge is 2.34. The van der Waals surface area contributed by atoms with Crippen LogP contribution in [0.15, 0.2) is 36.4 Å². The molecule has 2 aromatic carbocycles. The number of Topliss-reactive ketones (excluding diaryl/α,β-unsaturated/α-hetero) is 1. The van der Waals surface area contributed by atoms with E-state index < -0.39 is 0 Å². The van der Waals surface area contributed by atoms with Gasteiger partial charge < -0.3 is 14.4 Å². The monoisotopic (exact) mass is 383 g/mol. The molecule has 1 fully saturated rings. The van der Waals surface area contributed by atoms with Crippen molar-refractivity contribution < 1.29 is 18.7 Å². The average Bonchev–Trinajstić information content (AvgIpc) is 3.02. The van der Waals surface area contributed by atoms with Crippen LogP contribution < -0.4 is 14.4 Å². The molecule has 5 heteroatoms. The van der Waals surface area contributed by atoms with Gasteiger partial charge in [0.2, 0.25) is 0 Å². The molecule has 1 aliphatic heterocycles. The topological polar surface area (TPSA) is 38.8 Å². The normalized spacial score (nSPS) is 19.6. The predicted octanol–water partition coefficient (Wildman–Crippen LogP) is 4.50. The number of rotatable bonds is 5. The van der Waals surface area contributed by atoms with Crippen molar-refractivity contribution in [3.63, 3.8) is 0 Å². The number of hydrogen-bond acceptors (Lipinski definition) is 4. The molecule has 4 nitrogen and oxygen atoms in total. The molecule has 0 bridgehead atoms. The molecule has 1 aliphatic carbocycles. The van der Waals surface area contributed by atoms with E-state index in [4.69, 9.17) is 9.47 Å². The number of benzene rings is 2. The van der Waals surface area contributed by atoms with E-state index in [0.717, 1.165) is 55.6 Å².